The number of unbranched alkanes of at least 4 members (excludes halogenated alkanes) is 1. The number of carboxylic acids is 1. The van der Waals surface area contributed by atoms with Crippen molar-refractivity contribution in [1.82, 2.24) is 5.32 Å². The van der Waals surface area contributed by atoms with Gasteiger partial charge in [0, 0.05) is 12.2 Å². The Morgan fingerprint density at radius 1 is 1.24 bits per heavy atom. The maximum atomic E-state index is 11.5. The number of anilines is 1. The molecular weight excluding hydrogens is 274 g/mol. The minimum atomic E-state index is -1.00. The molecule has 7 nitrogen and oxygen atoms in total. The second kappa shape index (κ2) is 8.80. The van der Waals surface area contributed by atoms with Gasteiger partial charge in [0.1, 0.15) is 11.8 Å². The molecule has 1 rings (SSSR count). The van der Waals surface area contributed by atoms with Crippen LogP contribution in [0.4, 0.5) is 5.69 Å². The van der Waals surface area contributed by atoms with Crippen molar-refractivity contribution in [3.8, 4) is 5.75 Å². The van der Waals surface area contributed by atoms with E-state index in [0.29, 0.717) is 37.2 Å². The van der Waals surface area contributed by atoms with Crippen molar-refractivity contribution < 1.29 is 19.4 Å². The lowest BCUT2D eigenvalue weighted by atomic mass is 10.1. The zero-order chi connectivity index (χ0) is 15.7. The van der Waals surface area contributed by atoms with Gasteiger partial charge >= 0.3 is 5.97 Å². The first kappa shape index (κ1) is 16.8. The highest BCUT2D eigenvalue weighted by atomic mass is 16.5. The third-order valence-corrected chi connectivity index (χ3v) is 2.83. The summed E-state index contributed by atoms with van der Waals surface area (Å²) in [5.74, 6) is -0.655. The number of ether oxygens (including phenoxy) is 1. The molecule has 0 aliphatic carbocycles. The summed E-state index contributed by atoms with van der Waals surface area (Å²) in [6.07, 6.45) is 1.72. The number of carboxylic acid groups (broad SMARTS) is 1. The van der Waals surface area contributed by atoms with Gasteiger partial charge in [0.25, 0.3) is 5.91 Å². The Morgan fingerprint density at radius 3 is 2.52 bits per heavy atom. The lowest BCUT2D eigenvalue weighted by molar-refractivity contribution is -0.138. The molecule has 0 bridgehead atoms. The van der Waals surface area contributed by atoms with Crippen LogP contribution in [0.3, 0.4) is 0 Å². The molecule has 0 heterocycles. The lowest BCUT2D eigenvalue weighted by Gasteiger charge is -2.08. The van der Waals surface area contributed by atoms with Gasteiger partial charge in [-0.3, -0.25) is 9.59 Å². The van der Waals surface area contributed by atoms with Crippen LogP contribution in [0.1, 0.15) is 19.3 Å². The van der Waals surface area contributed by atoms with E-state index in [9.17, 15) is 9.59 Å². The first-order valence-electron chi connectivity index (χ1n) is 6.72. The highest BCUT2D eigenvalue weighted by Crippen LogP contribution is 2.12. The molecule has 0 aromatic heterocycles. The highest BCUT2D eigenvalue weighted by Gasteiger charge is 2.10. The number of benzene rings is 1. The largest absolute Gasteiger partial charge is 0.484 e. The summed E-state index contributed by atoms with van der Waals surface area (Å²) in [6, 6.07) is 5.93. The van der Waals surface area contributed by atoms with E-state index in [4.69, 9.17) is 21.3 Å². The summed E-state index contributed by atoms with van der Waals surface area (Å²) >= 11 is 0. The lowest BCUT2D eigenvalue weighted by Crippen LogP contribution is -2.31. The fourth-order valence-electron chi connectivity index (χ4n) is 1.60. The third-order valence-electron chi connectivity index (χ3n) is 2.83. The minimum absolute atomic E-state index is 0.0709. The van der Waals surface area contributed by atoms with Crippen LogP contribution in [0.2, 0.25) is 0 Å². The highest BCUT2D eigenvalue weighted by molar-refractivity contribution is 5.77. The Kier molecular flexibility index (Phi) is 7.03. The van der Waals surface area contributed by atoms with Gasteiger partial charge in [0.05, 0.1) is 0 Å². The van der Waals surface area contributed by atoms with Crippen molar-refractivity contribution in [1.29, 1.82) is 0 Å². The summed E-state index contributed by atoms with van der Waals surface area (Å²) in [5.41, 5.74) is 11.5. The summed E-state index contributed by atoms with van der Waals surface area (Å²) in [6.45, 7) is 0.398. The summed E-state index contributed by atoms with van der Waals surface area (Å²) in [5, 5.41) is 11.3. The van der Waals surface area contributed by atoms with Crippen LogP contribution in [0.25, 0.3) is 0 Å². The fraction of sp³-hybridized carbons (Fsp3) is 0.429. The SMILES string of the molecule is Nc1ccc(OCC(=O)NCCCC[C@H](N)C(=O)O)cc1. The molecule has 0 unspecified atom stereocenters. The van der Waals surface area contributed by atoms with Crippen LogP contribution in [0, 0.1) is 0 Å². The molecule has 1 aromatic carbocycles. The average Bonchev–Trinajstić information content (AvgIpc) is 2.46. The molecule has 0 saturated carbocycles. The van der Waals surface area contributed by atoms with Gasteiger partial charge in [-0.2, -0.15) is 0 Å². The van der Waals surface area contributed by atoms with Crippen LogP contribution in [-0.4, -0.2) is 36.2 Å². The maximum Gasteiger partial charge on any atom is 0.320 e. The molecule has 7 heteroatoms. The van der Waals surface area contributed by atoms with Crippen molar-refractivity contribution in [2.24, 2.45) is 5.73 Å². The molecule has 1 atom stereocenters. The Labute approximate surface area is 123 Å². The smallest absolute Gasteiger partial charge is 0.320 e. The van der Waals surface area contributed by atoms with Gasteiger partial charge in [-0.1, -0.05) is 0 Å². The Morgan fingerprint density at radius 2 is 1.90 bits per heavy atom. The molecule has 0 aliphatic heterocycles. The Bertz CT molecular complexity index is 462. The minimum Gasteiger partial charge on any atom is -0.484 e. The van der Waals surface area contributed by atoms with Crippen molar-refractivity contribution in [2.75, 3.05) is 18.9 Å². The van der Waals surface area contributed by atoms with E-state index in [1.54, 1.807) is 24.3 Å². The van der Waals surface area contributed by atoms with Crippen molar-refractivity contribution >= 4 is 17.6 Å². The number of carbonyl (C=O) groups excluding carboxylic acids is 1. The summed E-state index contributed by atoms with van der Waals surface area (Å²) in [7, 11) is 0. The molecule has 1 aromatic rings. The number of carbonyl (C=O) groups is 2. The van der Waals surface area contributed by atoms with E-state index >= 15 is 0 Å². The van der Waals surface area contributed by atoms with Crippen LogP contribution < -0.4 is 21.5 Å². The zero-order valence-corrected chi connectivity index (χ0v) is 11.7. The van der Waals surface area contributed by atoms with Gasteiger partial charge in [-0.05, 0) is 43.5 Å². The van der Waals surface area contributed by atoms with Crippen LogP contribution >= 0.6 is 0 Å². The van der Waals surface area contributed by atoms with E-state index in [0.717, 1.165) is 0 Å². The number of amides is 1. The van der Waals surface area contributed by atoms with Gasteiger partial charge in [-0.15, -0.1) is 0 Å². The third kappa shape index (κ3) is 7.17. The molecule has 6 N–H and O–H groups in total. The zero-order valence-electron chi connectivity index (χ0n) is 11.7. The predicted molar refractivity (Wildman–Crippen MR) is 78.8 cm³/mol. The Balaban J connectivity index is 2.09. The molecule has 0 fully saturated rings. The standard InChI is InChI=1S/C14H21N3O4/c15-10-4-6-11(7-5-10)21-9-13(18)17-8-2-1-3-12(16)14(19)20/h4-7,12H,1-3,8-9,15-16H2,(H,17,18)(H,19,20)/t12-/m0/s1. The average molecular weight is 295 g/mol. The normalized spacial score (nSPS) is 11.7. The topological polar surface area (TPSA) is 128 Å². The molecule has 0 radical (unpaired) electrons. The van der Waals surface area contributed by atoms with E-state index in [1.807, 2.05) is 0 Å². The monoisotopic (exact) mass is 295 g/mol. The molecule has 116 valence electrons. The van der Waals surface area contributed by atoms with Gasteiger partial charge < -0.3 is 26.6 Å². The van der Waals surface area contributed by atoms with Crippen LogP contribution in [0.15, 0.2) is 24.3 Å². The molecule has 1 amide bonds. The molecule has 21 heavy (non-hydrogen) atoms. The van der Waals surface area contributed by atoms with Gasteiger partial charge in [0.2, 0.25) is 0 Å². The number of hydrogen-bond donors (Lipinski definition) is 4. The molecule has 0 saturated heterocycles. The number of aliphatic carboxylic acids is 1. The van der Waals surface area contributed by atoms with Crippen molar-refractivity contribution in [3.63, 3.8) is 0 Å². The number of nitrogens with two attached hydrogens (primary N) is 2. The summed E-state index contributed by atoms with van der Waals surface area (Å²) in [4.78, 5) is 22.0. The molecular formula is C14H21N3O4. The van der Waals surface area contributed by atoms with Crippen molar-refractivity contribution in [2.45, 2.75) is 25.3 Å². The van der Waals surface area contributed by atoms with E-state index in [-0.39, 0.29) is 12.5 Å². The predicted octanol–water partition coefficient (Wildman–Crippen LogP) is 0.346. The second-order valence-electron chi connectivity index (χ2n) is 4.65. The second-order valence-corrected chi connectivity index (χ2v) is 4.65. The number of nitrogen functional groups attached to an aromatic ring is 1. The fourth-order valence-corrected chi connectivity index (χ4v) is 1.60. The molecule has 0 aliphatic rings. The van der Waals surface area contributed by atoms with E-state index < -0.39 is 12.0 Å². The van der Waals surface area contributed by atoms with Crippen LogP contribution in [-0.2, 0) is 9.59 Å². The van der Waals surface area contributed by atoms with Gasteiger partial charge in [-0.25, -0.2) is 0 Å². The number of rotatable bonds is 9. The number of nitrogens with one attached hydrogen (secondary N) is 1. The number of hydrogen-bond acceptors (Lipinski definition) is 5. The van der Waals surface area contributed by atoms with Crippen molar-refractivity contribution in [3.05, 3.63) is 24.3 Å². The molecule has 0 spiro atoms. The Hall–Kier alpha value is -2.28. The van der Waals surface area contributed by atoms with E-state index in [1.165, 1.54) is 0 Å². The first-order valence-corrected chi connectivity index (χ1v) is 6.72. The first-order chi connectivity index (χ1) is 9.99. The van der Waals surface area contributed by atoms with E-state index in [2.05, 4.69) is 5.32 Å². The van der Waals surface area contributed by atoms with Gasteiger partial charge in [0.15, 0.2) is 6.61 Å². The quantitative estimate of drug-likeness (QED) is 0.384. The maximum absolute atomic E-state index is 11.5. The summed E-state index contributed by atoms with van der Waals surface area (Å²) < 4.78 is 5.28. The van der Waals surface area contributed by atoms with Crippen LogP contribution in [0.5, 0.6) is 5.75 Å².